The van der Waals surface area contributed by atoms with E-state index in [1.807, 2.05) is 43.3 Å². The number of nitrogens with zero attached hydrogens (tertiary/aromatic N) is 2. The van der Waals surface area contributed by atoms with Gasteiger partial charge in [0.25, 0.3) is 5.89 Å². The Morgan fingerprint density at radius 3 is 2.67 bits per heavy atom. The van der Waals surface area contributed by atoms with Crippen molar-refractivity contribution in [1.82, 2.24) is 10.1 Å². The molecule has 0 spiro atoms. The van der Waals surface area contributed by atoms with Crippen molar-refractivity contribution in [3.8, 4) is 22.2 Å². The van der Waals surface area contributed by atoms with Gasteiger partial charge in [0.05, 0.1) is 9.88 Å². The first kappa shape index (κ1) is 11.0. The van der Waals surface area contributed by atoms with Crippen LogP contribution in [0.4, 0.5) is 5.00 Å². The van der Waals surface area contributed by atoms with E-state index in [1.54, 1.807) is 0 Å². The Kier molecular flexibility index (Phi) is 2.60. The Hall–Kier alpha value is -2.14. The molecule has 0 saturated heterocycles. The molecule has 1 aromatic carbocycles. The number of rotatable bonds is 2. The lowest BCUT2D eigenvalue weighted by molar-refractivity contribution is 0.433. The molecule has 0 aliphatic carbocycles. The van der Waals surface area contributed by atoms with Crippen molar-refractivity contribution in [2.45, 2.75) is 6.92 Å². The topological polar surface area (TPSA) is 64.9 Å². The van der Waals surface area contributed by atoms with Crippen LogP contribution in [0.5, 0.6) is 0 Å². The maximum Gasteiger partial charge on any atom is 0.268 e. The van der Waals surface area contributed by atoms with Crippen molar-refractivity contribution in [1.29, 1.82) is 0 Å². The predicted molar refractivity (Wildman–Crippen MR) is 72.2 cm³/mol. The molecule has 0 atom stereocenters. The molecule has 18 heavy (non-hydrogen) atoms. The molecule has 4 nitrogen and oxygen atoms in total. The number of thiophene rings is 1. The van der Waals surface area contributed by atoms with E-state index in [0.717, 1.165) is 21.0 Å². The van der Waals surface area contributed by atoms with Gasteiger partial charge >= 0.3 is 0 Å². The van der Waals surface area contributed by atoms with Crippen molar-refractivity contribution < 1.29 is 4.52 Å². The van der Waals surface area contributed by atoms with Crippen LogP contribution in [0.2, 0.25) is 0 Å². The smallest absolute Gasteiger partial charge is 0.268 e. The fraction of sp³-hybridized carbons (Fsp3) is 0.0769. The van der Waals surface area contributed by atoms with Crippen molar-refractivity contribution in [3.05, 3.63) is 42.0 Å². The Morgan fingerprint density at radius 2 is 2.00 bits per heavy atom. The molecule has 0 radical (unpaired) electrons. The summed E-state index contributed by atoms with van der Waals surface area (Å²) < 4.78 is 5.29. The van der Waals surface area contributed by atoms with Gasteiger partial charge < -0.3 is 10.3 Å². The molecule has 90 valence electrons. The molecule has 0 aliphatic heterocycles. The number of nitrogen functional groups attached to an aromatic ring is 1. The summed E-state index contributed by atoms with van der Waals surface area (Å²) in [4.78, 5) is 5.33. The molecule has 0 aliphatic rings. The first-order valence-corrected chi connectivity index (χ1v) is 6.31. The van der Waals surface area contributed by atoms with Gasteiger partial charge in [0, 0.05) is 5.56 Å². The minimum Gasteiger partial charge on any atom is -0.391 e. The van der Waals surface area contributed by atoms with Gasteiger partial charge in [-0.25, -0.2) is 0 Å². The molecule has 5 heteroatoms. The first-order chi connectivity index (χ1) is 8.74. The zero-order valence-electron chi connectivity index (χ0n) is 9.75. The second kappa shape index (κ2) is 4.27. The summed E-state index contributed by atoms with van der Waals surface area (Å²) in [6, 6.07) is 11.6. The van der Waals surface area contributed by atoms with Gasteiger partial charge in [0.2, 0.25) is 5.82 Å². The minimum atomic E-state index is 0.521. The van der Waals surface area contributed by atoms with Crippen LogP contribution in [0.3, 0.4) is 0 Å². The van der Waals surface area contributed by atoms with Gasteiger partial charge in [0.15, 0.2) is 0 Å². The van der Waals surface area contributed by atoms with E-state index in [4.69, 9.17) is 10.3 Å². The highest BCUT2D eigenvalue weighted by atomic mass is 32.1. The summed E-state index contributed by atoms with van der Waals surface area (Å²) >= 11 is 1.46. The van der Waals surface area contributed by atoms with E-state index in [2.05, 4.69) is 10.1 Å². The van der Waals surface area contributed by atoms with Crippen LogP contribution in [-0.2, 0) is 0 Å². The highest BCUT2D eigenvalue weighted by Crippen LogP contribution is 2.33. The predicted octanol–water partition coefficient (Wildman–Crippen LogP) is 3.36. The van der Waals surface area contributed by atoms with E-state index in [-0.39, 0.29) is 0 Å². The second-order valence-corrected chi connectivity index (χ2v) is 5.03. The molecule has 3 aromatic rings. The summed E-state index contributed by atoms with van der Waals surface area (Å²) in [6.45, 7) is 1.98. The Morgan fingerprint density at radius 1 is 1.22 bits per heavy atom. The third-order valence-electron chi connectivity index (χ3n) is 2.59. The quantitative estimate of drug-likeness (QED) is 0.764. The summed E-state index contributed by atoms with van der Waals surface area (Å²) in [5.74, 6) is 1.12. The lowest BCUT2D eigenvalue weighted by Gasteiger charge is -1.91. The standard InChI is InChI=1S/C13H11N3OS/c1-8-7-10(14)18-11(8)13-15-12(16-17-13)9-5-3-2-4-6-9/h2-7H,14H2,1H3. The molecule has 2 aromatic heterocycles. The average molecular weight is 257 g/mol. The molecule has 0 bridgehead atoms. The number of aromatic nitrogens is 2. The highest BCUT2D eigenvalue weighted by molar-refractivity contribution is 7.19. The summed E-state index contributed by atoms with van der Waals surface area (Å²) in [5.41, 5.74) is 7.76. The monoisotopic (exact) mass is 257 g/mol. The van der Waals surface area contributed by atoms with E-state index >= 15 is 0 Å². The van der Waals surface area contributed by atoms with Crippen LogP contribution >= 0.6 is 11.3 Å². The number of nitrogens with two attached hydrogens (primary N) is 1. The average Bonchev–Trinajstić information content (AvgIpc) is 2.97. The number of benzene rings is 1. The van der Waals surface area contributed by atoms with Crippen LogP contribution in [0.25, 0.3) is 22.2 Å². The summed E-state index contributed by atoms with van der Waals surface area (Å²) in [7, 11) is 0. The van der Waals surface area contributed by atoms with Crippen LogP contribution in [0.15, 0.2) is 40.9 Å². The largest absolute Gasteiger partial charge is 0.391 e. The third-order valence-corrected chi connectivity index (χ3v) is 3.64. The van der Waals surface area contributed by atoms with Gasteiger partial charge in [-0.15, -0.1) is 11.3 Å². The number of anilines is 1. The van der Waals surface area contributed by atoms with Crippen molar-refractivity contribution in [2.75, 3.05) is 5.73 Å². The van der Waals surface area contributed by atoms with E-state index in [9.17, 15) is 0 Å². The van der Waals surface area contributed by atoms with Crippen LogP contribution in [-0.4, -0.2) is 10.1 Å². The second-order valence-electron chi connectivity index (χ2n) is 3.95. The molecule has 0 unspecified atom stereocenters. The van der Waals surface area contributed by atoms with E-state index in [0.29, 0.717) is 11.7 Å². The van der Waals surface area contributed by atoms with Crippen LogP contribution in [0, 0.1) is 6.92 Å². The molecule has 3 rings (SSSR count). The molecule has 0 amide bonds. The molecular formula is C13H11N3OS. The lowest BCUT2D eigenvalue weighted by atomic mass is 10.2. The summed E-state index contributed by atoms with van der Waals surface area (Å²) in [6.07, 6.45) is 0. The van der Waals surface area contributed by atoms with Gasteiger partial charge in [-0.3, -0.25) is 0 Å². The van der Waals surface area contributed by atoms with Gasteiger partial charge in [0.1, 0.15) is 0 Å². The minimum absolute atomic E-state index is 0.521. The van der Waals surface area contributed by atoms with Crippen molar-refractivity contribution in [3.63, 3.8) is 0 Å². The normalized spacial score (nSPS) is 10.7. The number of hydrogen-bond acceptors (Lipinski definition) is 5. The molecule has 2 N–H and O–H groups in total. The Labute approximate surface area is 108 Å². The zero-order valence-corrected chi connectivity index (χ0v) is 10.6. The summed E-state index contributed by atoms with van der Waals surface area (Å²) in [5, 5.41) is 4.74. The first-order valence-electron chi connectivity index (χ1n) is 5.49. The molecular weight excluding hydrogens is 246 g/mol. The van der Waals surface area contributed by atoms with Gasteiger partial charge in [-0.1, -0.05) is 35.5 Å². The Bertz CT molecular complexity index is 673. The van der Waals surface area contributed by atoms with Crippen molar-refractivity contribution in [2.24, 2.45) is 0 Å². The maximum atomic E-state index is 5.76. The molecule has 0 fully saturated rings. The van der Waals surface area contributed by atoms with E-state index in [1.165, 1.54) is 11.3 Å². The number of hydrogen-bond donors (Lipinski definition) is 1. The lowest BCUT2D eigenvalue weighted by Crippen LogP contribution is -1.79. The Balaban J connectivity index is 2.02. The highest BCUT2D eigenvalue weighted by Gasteiger charge is 2.14. The maximum absolute atomic E-state index is 5.76. The number of aryl methyl sites for hydroxylation is 1. The zero-order chi connectivity index (χ0) is 12.5. The third kappa shape index (κ3) is 1.89. The van der Waals surface area contributed by atoms with Gasteiger partial charge in [-0.05, 0) is 18.6 Å². The van der Waals surface area contributed by atoms with Crippen LogP contribution in [0.1, 0.15) is 5.56 Å². The van der Waals surface area contributed by atoms with Crippen LogP contribution < -0.4 is 5.73 Å². The van der Waals surface area contributed by atoms with Gasteiger partial charge in [-0.2, -0.15) is 4.98 Å². The molecule has 0 saturated carbocycles. The van der Waals surface area contributed by atoms with Crippen molar-refractivity contribution >= 4 is 16.3 Å². The van der Waals surface area contributed by atoms with E-state index < -0.39 is 0 Å². The molecule has 2 heterocycles. The SMILES string of the molecule is Cc1cc(N)sc1-c1nc(-c2ccccc2)no1. The fourth-order valence-electron chi connectivity index (χ4n) is 1.74. The fourth-order valence-corrected chi connectivity index (χ4v) is 2.60.